The van der Waals surface area contributed by atoms with Gasteiger partial charge in [0, 0.05) is 29.5 Å². The smallest absolute Gasteiger partial charge is 0.156 e. The Balaban J connectivity index is 1.65. The number of rotatable bonds is 6. The Morgan fingerprint density at radius 3 is 2.17 bits per heavy atom. The van der Waals surface area contributed by atoms with Crippen molar-refractivity contribution in [2.24, 2.45) is 0 Å². The Morgan fingerprint density at radius 2 is 1.50 bits per heavy atom. The Kier molecular flexibility index (Phi) is 6.34. The van der Waals surface area contributed by atoms with Gasteiger partial charge in [0.1, 0.15) is 0 Å². The molecule has 36 heavy (non-hydrogen) atoms. The average molecular weight is 476 g/mol. The molecular weight excluding hydrogens is 438 g/mol. The molecular formula is C33H37N3. The summed E-state index contributed by atoms with van der Waals surface area (Å²) in [4.78, 5) is 7.28. The summed E-state index contributed by atoms with van der Waals surface area (Å²) >= 11 is 0. The second-order valence-electron chi connectivity index (χ2n) is 11.2. The summed E-state index contributed by atoms with van der Waals surface area (Å²) in [6.07, 6.45) is 1.89. The summed E-state index contributed by atoms with van der Waals surface area (Å²) in [7, 11) is 0. The molecule has 0 aliphatic carbocycles. The number of benzene rings is 3. The highest BCUT2D eigenvalue weighted by atomic mass is 15.2. The van der Waals surface area contributed by atoms with E-state index in [1.807, 2.05) is 18.3 Å². The van der Waals surface area contributed by atoms with Crippen LogP contribution in [0.4, 0.5) is 22.9 Å². The quantitative estimate of drug-likeness (QED) is 0.301. The van der Waals surface area contributed by atoms with E-state index in [0.29, 0.717) is 11.8 Å². The normalized spacial score (nSPS) is 14.4. The maximum Gasteiger partial charge on any atom is 0.156 e. The maximum absolute atomic E-state index is 4.88. The first kappa shape index (κ1) is 24.1. The lowest BCUT2D eigenvalue weighted by molar-refractivity contribution is 0.568. The molecule has 0 atom stereocenters. The number of nitrogens with zero attached hydrogens (tertiary/aromatic N) is 2. The van der Waals surface area contributed by atoms with Crippen LogP contribution in [-0.2, 0) is 5.41 Å². The van der Waals surface area contributed by atoms with Crippen LogP contribution in [0.1, 0.15) is 70.1 Å². The van der Waals surface area contributed by atoms with E-state index >= 15 is 0 Å². The van der Waals surface area contributed by atoms with Crippen LogP contribution in [-0.4, -0.2) is 11.5 Å². The third-order valence-electron chi connectivity index (χ3n) is 7.33. The molecule has 0 unspecified atom stereocenters. The zero-order valence-electron chi connectivity index (χ0n) is 22.3. The van der Waals surface area contributed by atoms with E-state index in [4.69, 9.17) is 4.98 Å². The summed E-state index contributed by atoms with van der Waals surface area (Å²) < 4.78 is 0. The van der Waals surface area contributed by atoms with Gasteiger partial charge in [0.25, 0.3) is 0 Å². The minimum Gasteiger partial charge on any atom is -0.352 e. The fourth-order valence-corrected chi connectivity index (χ4v) is 5.51. The highest BCUT2D eigenvalue weighted by Gasteiger charge is 2.37. The van der Waals surface area contributed by atoms with Crippen LogP contribution < -0.4 is 10.2 Å². The van der Waals surface area contributed by atoms with Gasteiger partial charge in [-0.15, -0.1) is 0 Å². The Labute approximate surface area is 216 Å². The molecule has 2 heterocycles. The third kappa shape index (κ3) is 4.39. The van der Waals surface area contributed by atoms with Crippen LogP contribution in [0.2, 0.25) is 0 Å². The number of aromatic nitrogens is 1. The summed E-state index contributed by atoms with van der Waals surface area (Å²) in [5.41, 5.74) is 10.2. The highest BCUT2D eigenvalue weighted by molar-refractivity contribution is 5.84. The van der Waals surface area contributed by atoms with Gasteiger partial charge in [0.15, 0.2) is 5.82 Å². The van der Waals surface area contributed by atoms with E-state index in [0.717, 1.165) is 23.7 Å². The van der Waals surface area contributed by atoms with Crippen LogP contribution in [0, 0.1) is 0 Å². The molecule has 0 saturated heterocycles. The van der Waals surface area contributed by atoms with E-state index in [1.54, 1.807) is 0 Å². The van der Waals surface area contributed by atoms with E-state index in [-0.39, 0.29) is 5.41 Å². The Morgan fingerprint density at radius 1 is 0.806 bits per heavy atom. The number of hydrogen-bond acceptors (Lipinski definition) is 3. The number of hydrogen-bond donors (Lipinski definition) is 1. The molecule has 1 aliphatic rings. The number of anilines is 4. The minimum atomic E-state index is 0.0217. The fraction of sp³-hybridized carbons (Fsp3) is 0.303. The lowest BCUT2D eigenvalue weighted by atomic mass is 9.82. The number of para-hydroxylation sites is 1. The van der Waals surface area contributed by atoms with Crippen LogP contribution in [0.3, 0.4) is 0 Å². The lowest BCUT2D eigenvalue weighted by Crippen LogP contribution is -2.26. The second-order valence-corrected chi connectivity index (χ2v) is 11.2. The van der Waals surface area contributed by atoms with Crippen molar-refractivity contribution in [2.75, 3.05) is 16.8 Å². The molecule has 1 aliphatic heterocycles. The molecule has 1 aromatic heterocycles. The number of fused-ring (bicyclic) bond motifs is 1. The van der Waals surface area contributed by atoms with Crippen molar-refractivity contribution in [3.05, 3.63) is 102 Å². The predicted molar refractivity (Wildman–Crippen MR) is 154 cm³/mol. The molecule has 0 amide bonds. The third-order valence-corrected chi connectivity index (χ3v) is 7.33. The topological polar surface area (TPSA) is 28.2 Å². The Bertz CT molecular complexity index is 1340. The van der Waals surface area contributed by atoms with Gasteiger partial charge in [-0.05, 0) is 70.0 Å². The molecule has 0 bridgehead atoms. The van der Waals surface area contributed by atoms with E-state index in [9.17, 15) is 0 Å². The molecule has 1 N–H and O–H groups in total. The van der Waals surface area contributed by atoms with Gasteiger partial charge in [-0.3, -0.25) is 0 Å². The van der Waals surface area contributed by atoms with Crippen molar-refractivity contribution in [3.63, 3.8) is 0 Å². The summed E-state index contributed by atoms with van der Waals surface area (Å²) in [5.74, 6) is 1.88. The summed E-state index contributed by atoms with van der Waals surface area (Å²) in [5, 5.41) is 3.60. The monoisotopic (exact) mass is 475 g/mol. The van der Waals surface area contributed by atoms with Gasteiger partial charge in [0.05, 0.1) is 5.69 Å². The number of pyridine rings is 1. The summed E-state index contributed by atoms with van der Waals surface area (Å²) in [6, 6.07) is 28.3. The first-order valence-corrected chi connectivity index (χ1v) is 13.1. The van der Waals surface area contributed by atoms with Gasteiger partial charge in [-0.2, -0.15) is 0 Å². The van der Waals surface area contributed by atoms with Crippen molar-refractivity contribution >= 4 is 22.9 Å². The molecule has 3 nitrogen and oxygen atoms in total. The van der Waals surface area contributed by atoms with E-state index < -0.39 is 0 Å². The van der Waals surface area contributed by atoms with Crippen LogP contribution in [0.15, 0.2) is 85.1 Å². The molecule has 0 radical (unpaired) electrons. The molecule has 184 valence electrons. The van der Waals surface area contributed by atoms with Gasteiger partial charge >= 0.3 is 0 Å². The van der Waals surface area contributed by atoms with Gasteiger partial charge in [-0.1, -0.05) is 90.1 Å². The van der Waals surface area contributed by atoms with Crippen LogP contribution >= 0.6 is 0 Å². The Hall–Kier alpha value is -3.59. The van der Waals surface area contributed by atoms with Crippen molar-refractivity contribution in [3.8, 4) is 11.1 Å². The molecule has 0 fully saturated rings. The number of nitrogens with one attached hydrogen (secondary N) is 1. The standard InChI is InChI=1S/C33H37N3/c1-22(2)26-14-10-15-27(23(3)4)31(26)24-17-18-28-30(20-24)36(21-33(28,5)6)32-29(16-11-19-34-32)35-25-12-8-7-9-13-25/h7-20,22-23,35H,21H2,1-6H3. The molecule has 3 heteroatoms. The van der Waals surface area contributed by atoms with Gasteiger partial charge < -0.3 is 10.2 Å². The maximum atomic E-state index is 4.88. The first-order valence-electron chi connectivity index (χ1n) is 13.1. The first-order chi connectivity index (χ1) is 17.3. The zero-order chi connectivity index (χ0) is 25.4. The summed E-state index contributed by atoms with van der Waals surface area (Å²) in [6.45, 7) is 14.7. The highest BCUT2D eigenvalue weighted by Crippen LogP contribution is 2.48. The van der Waals surface area contributed by atoms with Crippen molar-refractivity contribution < 1.29 is 0 Å². The SMILES string of the molecule is CC(C)c1cccc(C(C)C)c1-c1ccc2c(c1)N(c1ncccc1Nc1ccccc1)CC2(C)C. The predicted octanol–water partition coefficient (Wildman–Crippen LogP) is 9.17. The zero-order valence-corrected chi connectivity index (χ0v) is 22.3. The molecule has 4 aromatic rings. The van der Waals surface area contributed by atoms with Gasteiger partial charge in [0.2, 0.25) is 0 Å². The molecule has 5 rings (SSSR count). The van der Waals surface area contributed by atoms with Crippen molar-refractivity contribution in [1.29, 1.82) is 0 Å². The molecule has 3 aromatic carbocycles. The largest absolute Gasteiger partial charge is 0.352 e. The molecule has 0 saturated carbocycles. The second kappa shape index (κ2) is 9.46. The van der Waals surface area contributed by atoms with Crippen LogP contribution in [0.25, 0.3) is 11.1 Å². The van der Waals surface area contributed by atoms with Crippen molar-refractivity contribution in [2.45, 2.75) is 58.8 Å². The molecule has 0 spiro atoms. The van der Waals surface area contributed by atoms with E-state index in [2.05, 4.69) is 118 Å². The fourth-order valence-electron chi connectivity index (χ4n) is 5.51. The van der Waals surface area contributed by atoms with E-state index in [1.165, 1.54) is 33.5 Å². The van der Waals surface area contributed by atoms with Crippen molar-refractivity contribution in [1.82, 2.24) is 4.98 Å². The van der Waals surface area contributed by atoms with Gasteiger partial charge in [-0.25, -0.2) is 4.98 Å². The average Bonchev–Trinajstić information content (AvgIpc) is 3.14. The lowest BCUT2D eigenvalue weighted by Gasteiger charge is -2.24. The van der Waals surface area contributed by atoms with Crippen LogP contribution in [0.5, 0.6) is 0 Å². The minimum absolute atomic E-state index is 0.0217.